The first-order valence-electron chi connectivity index (χ1n) is 9.14. The quantitative estimate of drug-likeness (QED) is 0.482. The number of nitro groups is 1. The molecule has 0 amide bonds. The van der Waals surface area contributed by atoms with E-state index >= 15 is 0 Å². The number of nitrogens with zero attached hydrogens (tertiary/aromatic N) is 3. The molecule has 0 saturated carbocycles. The summed E-state index contributed by atoms with van der Waals surface area (Å²) >= 11 is 0. The van der Waals surface area contributed by atoms with Crippen molar-refractivity contribution in [3.05, 3.63) is 57.9 Å². The Morgan fingerprint density at radius 3 is 2.53 bits per heavy atom. The molecular weight excluding hydrogens is 417 g/mol. The first-order chi connectivity index (χ1) is 14.2. The van der Waals surface area contributed by atoms with Gasteiger partial charge >= 0.3 is 0 Å². The first-order valence-corrected chi connectivity index (χ1v) is 10.6. The van der Waals surface area contributed by atoms with Gasteiger partial charge in [0.15, 0.2) is 11.6 Å². The fraction of sp³-hybridized carbons (Fsp3) is 0.368. The lowest BCUT2D eigenvalue weighted by molar-refractivity contribution is -0.384. The van der Waals surface area contributed by atoms with Gasteiger partial charge in [-0.1, -0.05) is 6.07 Å². The third kappa shape index (κ3) is 4.53. The summed E-state index contributed by atoms with van der Waals surface area (Å²) in [4.78, 5) is 12.4. The van der Waals surface area contributed by atoms with E-state index in [1.165, 1.54) is 35.7 Å². The zero-order valence-electron chi connectivity index (χ0n) is 16.6. The number of morpholine rings is 1. The van der Waals surface area contributed by atoms with Crippen LogP contribution in [0.1, 0.15) is 5.56 Å². The van der Waals surface area contributed by atoms with Gasteiger partial charge in [-0.3, -0.25) is 10.1 Å². The minimum Gasteiger partial charge on any atom is -0.494 e. The summed E-state index contributed by atoms with van der Waals surface area (Å²) < 4.78 is 50.9. The minimum atomic E-state index is -3.87. The molecule has 1 fully saturated rings. The maximum Gasteiger partial charge on any atom is 0.293 e. The van der Waals surface area contributed by atoms with Crippen LogP contribution in [-0.4, -0.2) is 58.1 Å². The summed E-state index contributed by atoms with van der Waals surface area (Å²) in [5.74, 6) is -0.435. The monoisotopic (exact) mass is 439 g/mol. The SMILES string of the molecule is COc1ccc(CN(C)c2ccc(S(=O)(=O)N3CCOCC3)cc2[N+](=O)[O-])cc1F. The largest absolute Gasteiger partial charge is 0.494 e. The fourth-order valence-corrected chi connectivity index (χ4v) is 4.66. The Labute approximate surface area is 173 Å². The minimum absolute atomic E-state index is 0.102. The van der Waals surface area contributed by atoms with E-state index in [4.69, 9.17) is 9.47 Å². The Kier molecular flexibility index (Phi) is 6.54. The number of methoxy groups -OCH3 is 1. The maximum atomic E-state index is 13.9. The van der Waals surface area contributed by atoms with Crippen LogP contribution < -0.4 is 9.64 Å². The average Bonchev–Trinajstić information content (AvgIpc) is 2.74. The molecule has 0 bridgehead atoms. The summed E-state index contributed by atoms with van der Waals surface area (Å²) in [5.41, 5.74) is 0.452. The van der Waals surface area contributed by atoms with Crippen LogP contribution in [0.3, 0.4) is 0 Å². The molecule has 0 spiro atoms. The standard InChI is InChI=1S/C19H22FN3O6S/c1-21(13-14-3-6-19(28-2)16(20)11-14)17-5-4-15(12-18(17)23(24)25)30(26,27)22-7-9-29-10-8-22/h3-6,11-12H,7-10,13H2,1-2H3. The first kappa shape index (κ1) is 21.9. The number of rotatable bonds is 7. The second-order valence-electron chi connectivity index (χ2n) is 6.75. The summed E-state index contributed by atoms with van der Waals surface area (Å²) in [5, 5.41) is 11.6. The molecule has 0 unspecified atom stereocenters. The van der Waals surface area contributed by atoms with Crippen LogP contribution in [-0.2, 0) is 21.3 Å². The molecule has 9 nitrogen and oxygen atoms in total. The molecule has 30 heavy (non-hydrogen) atoms. The van der Waals surface area contributed by atoms with Gasteiger partial charge in [0.2, 0.25) is 10.0 Å². The van der Waals surface area contributed by atoms with E-state index in [0.717, 1.165) is 6.07 Å². The number of nitro benzene ring substituents is 1. The fourth-order valence-electron chi connectivity index (χ4n) is 3.24. The molecule has 1 heterocycles. The van der Waals surface area contributed by atoms with Gasteiger partial charge in [0.25, 0.3) is 5.69 Å². The molecule has 0 N–H and O–H groups in total. The van der Waals surface area contributed by atoms with Gasteiger partial charge in [-0.25, -0.2) is 12.8 Å². The summed E-state index contributed by atoms with van der Waals surface area (Å²) in [6.45, 7) is 1.13. The molecule has 0 atom stereocenters. The Hall–Kier alpha value is -2.76. The van der Waals surface area contributed by atoms with Crippen LogP contribution >= 0.6 is 0 Å². The maximum absolute atomic E-state index is 13.9. The van der Waals surface area contributed by atoms with Crippen molar-refractivity contribution in [2.75, 3.05) is 45.4 Å². The van der Waals surface area contributed by atoms with E-state index < -0.39 is 20.8 Å². The van der Waals surface area contributed by atoms with Crippen LogP contribution in [0.2, 0.25) is 0 Å². The predicted molar refractivity (Wildman–Crippen MR) is 108 cm³/mol. The number of hydrogen-bond acceptors (Lipinski definition) is 7. The van der Waals surface area contributed by atoms with Crippen LogP contribution in [0.25, 0.3) is 0 Å². The van der Waals surface area contributed by atoms with Gasteiger partial charge < -0.3 is 14.4 Å². The van der Waals surface area contributed by atoms with Crippen molar-refractivity contribution in [3.63, 3.8) is 0 Å². The highest BCUT2D eigenvalue weighted by Crippen LogP contribution is 2.32. The number of anilines is 1. The van der Waals surface area contributed by atoms with E-state index in [2.05, 4.69) is 0 Å². The Morgan fingerprint density at radius 2 is 1.93 bits per heavy atom. The van der Waals surface area contributed by atoms with Crippen molar-refractivity contribution in [1.29, 1.82) is 0 Å². The lowest BCUT2D eigenvalue weighted by Crippen LogP contribution is -2.40. The molecule has 3 rings (SSSR count). The van der Waals surface area contributed by atoms with Crippen molar-refractivity contribution in [2.24, 2.45) is 0 Å². The van der Waals surface area contributed by atoms with Crippen LogP contribution in [0, 0.1) is 15.9 Å². The topological polar surface area (TPSA) is 102 Å². The number of hydrogen-bond donors (Lipinski definition) is 0. The van der Waals surface area contributed by atoms with Crippen molar-refractivity contribution < 1.29 is 27.2 Å². The molecular formula is C19H22FN3O6S. The lowest BCUT2D eigenvalue weighted by atomic mass is 10.1. The van der Waals surface area contributed by atoms with Crippen molar-refractivity contribution >= 4 is 21.4 Å². The Morgan fingerprint density at radius 1 is 1.23 bits per heavy atom. The highest BCUT2D eigenvalue weighted by Gasteiger charge is 2.29. The van der Waals surface area contributed by atoms with E-state index in [1.54, 1.807) is 18.0 Å². The molecule has 0 aliphatic carbocycles. The third-order valence-corrected chi connectivity index (χ3v) is 6.69. The summed E-state index contributed by atoms with van der Waals surface area (Å²) in [7, 11) is -0.893. The van der Waals surface area contributed by atoms with Gasteiger partial charge in [-0.15, -0.1) is 0 Å². The average molecular weight is 439 g/mol. The highest BCUT2D eigenvalue weighted by atomic mass is 32.2. The Bertz CT molecular complexity index is 1040. The van der Waals surface area contributed by atoms with E-state index in [1.807, 2.05) is 0 Å². The summed E-state index contributed by atoms with van der Waals surface area (Å²) in [6.07, 6.45) is 0. The van der Waals surface area contributed by atoms with Crippen molar-refractivity contribution in [1.82, 2.24) is 4.31 Å². The molecule has 0 radical (unpaired) electrons. The van der Waals surface area contributed by atoms with Gasteiger partial charge in [-0.05, 0) is 29.8 Å². The zero-order valence-corrected chi connectivity index (χ0v) is 17.4. The number of halogens is 1. The van der Waals surface area contributed by atoms with Crippen molar-refractivity contribution in [2.45, 2.75) is 11.4 Å². The van der Waals surface area contributed by atoms with Gasteiger partial charge in [-0.2, -0.15) is 4.31 Å². The second kappa shape index (κ2) is 8.94. The molecule has 1 saturated heterocycles. The van der Waals surface area contributed by atoms with Crippen LogP contribution in [0.5, 0.6) is 5.75 Å². The molecule has 11 heteroatoms. The van der Waals surface area contributed by atoms with Gasteiger partial charge in [0.05, 0.1) is 30.1 Å². The third-order valence-electron chi connectivity index (χ3n) is 4.80. The molecule has 162 valence electrons. The zero-order chi connectivity index (χ0) is 21.9. The van der Waals surface area contributed by atoms with E-state index in [0.29, 0.717) is 5.56 Å². The lowest BCUT2D eigenvalue weighted by Gasteiger charge is -2.26. The highest BCUT2D eigenvalue weighted by molar-refractivity contribution is 7.89. The van der Waals surface area contributed by atoms with Crippen LogP contribution in [0.4, 0.5) is 15.8 Å². The second-order valence-corrected chi connectivity index (χ2v) is 8.69. The van der Waals surface area contributed by atoms with Gasteiger partial charge in [0, 0.05) is 32.7 Å². The molecule has 0 aromatic heterocycles. The van der Waals surface area contributed by atoms with E-state index in [-0.39, 0.29) is 54.9 Å². The normalized spacial score (nSPS) is 15.0. The number of sulfonamides is 1. The van der Waals surface area contributed by atoms with Gasteiger partial charge in [0.1, 0.15) is 5.69 Å². The van der Waals surface area contributed by atoms with E-state index in [9.17, 15) is 22.9 Å². The molecule has 1 aliphatic rings. The smallest absolute Gasteiger partial charge is 0.293 e. The summed E-state index contributed by atoms with van der Waals surface area (Å²) in [6, 6.07) is 8.22. The molecule has 2 aromatic rings. The molecule has 2 aromatic carbocycles. The molecule has 1 aliphatic heterocycles. The van der Waals surface area contributed by atoms with Crippen molar-refractivity contribution in [3.8, 4) is 5.75 Å². The Balaban J connectivity index is 1.89. The number of ether oxygens (including phenoxy) is 2. The number of benzene rings is 2. The predicted octanol–water partition coefficient (Wildman–Crippen LogP) is 2.40. The van der Waals surface area contributed by atoms with Crippen LogP contribution in [0.15, 0.2) is 41.3 Å².